The van der Waals surface area contributed by atoms with E-state index < -0.39 is 16.1 Å². The molecule has 0 aromatic heterocycles. The molecule has 0 aromatic carbocycles. The maximum atomic E-state index is 11.9. The molecule has 2 rings (SSSR count). The fourth-order valence-corrected chi connectivity index (χ4v) is 3.75. The molecule has 0 bridgehead atoms. The van der Waals surface area contributed by atoms with Gasteiger partial charge >= 0.3 is 0 Å². The van der Waals surface area contributed by atoms with Crippen molar-refractivity contribution in [3.63, 3.8) is 0 Å². The molecule has 0 saturated carbocycles. The molecular weight excluding hydrogens is 244 g/mol. The van der Waals surface area contributed by atoms with Gasteiger partial charge in [-0.3, -0.25) is 9.69 Å². The van der Waals surface area contributed by atoms with E-state index in [9.17, 15) is 13.2 Å². The number of hydrogen-bond donors (Lipinski definition) is 0. The van der Waals surface area contributed by atoms with E-state index in [0.717, 1.165) is 0 Å². The largest absolute Gasteiger partial charge is 0.296 e. The maximum absolute atomic E-state index is 11.9. The number of amides is 1. The molecule has 17 heavy (non-hydrogen) atoms. The lowest BCUT2D eigenvalue weighted by Crippen LogP contribution is -2.45. The van der Waals surface area contributed by atoms with Gasteiger partial charge in [0, 0.05) is 6.42 Å². The highest BCUT2D eigenvalue weighted by Crippen LogP contribution is 2.23. The van der Waals surface area contributed by atoms with Crippen molar-refractivity contribution in [3.8, 4) is 0 Å². The van der Waals surface area contributed by atoms with Crippen LogP contribution in [0.5, 0.6) is 0 Å². The van der Waals surface area contributed by atoms with Crippen LogP contribution in [0.15, 0.2) is 15.2 Å². The molecule has 2 heterocycles. The van der Waals surface area contributed by atoms with Crippen molar-refractivity contribution in [2.75, 3.05) is 11.5 Å². The maximum Gasteiger partial charge on any atom is 0.240 e. The Hall–Kier alpha value is -1.31. The topological polar surface area (TPSA) is 91.5 Å². The van der Waals surface area contributed by atoms with Crippen LogP contribution in [0.2, 0.25) is 0 Å². The molecular formula is C9H14N4O3S. The van der Waals surface area contributed by atoms with Crippen molar-refractivity contribution in [2.24, 2.45) is 15.2 Å². The predicted octanol–water partition coefficient (Wildman–Crippen LogP) is 0.190. The Kier molecular flexibility index (Phi) is 3.23. The zero-order chi connectivity index (χ0) is 12.5. The second kappa shape index (κ2) is 4.52. The van der Waals surface area contributed by atoms with Crippen molar-refractivity contribution in [2.45, 2.75) is 32.1 Å². The summed E-state index contributed by atoms with van der Waals surface area (Å²) in [5.74, 6) is -0.0194. The molecule has 2 aliphatic heterocycles. The van der Waals surface area contributed by atoms with E-state index in [1.54, 1.807) is 6.92 Å². The Morgan fingerprint density at radius 3 is 2.76 bits per heavy atom. The molecule has 0 N–H and O–H groups in total. The van der Waals surface area contributed by atoms with Gasteiger partial charge in [-0.1, -0.05) is 6.92 Å². The second-order valence-electron chi connectivity index (χ2n) is 4.05. The van der Waals surface area contributed by atoms with Crippen LogP contribution < -0.4 is 0 Å². The smallest absolute Gasteiger partial charge is 0.240 e. The molecule has 0 aromatic rings. The first-order chi connectivity index (χ1) is 8.03. The lowest BCUT2D eigenvalue weighted by atomic mass is 10.2. The third-order valence-corrected chi connectivity index (χ3v) is 4.61. The number of carbonyl (C=O) groups is 1. The molecule has 1 amide bonds. The van der Waals surface area contributed by atoms with Gasteiger partial charge in [-0.25, -0.2) is 13.4 Å². The fourth-order valence-electron chi connectivity index (χ4n) is 2.03. The minimum absolute atomic E-state index is 0.000278. The number of azo groups is 1. The highest BCUT2D eigenvalue weighted by atomic mass is 32.2. The van der Waals surface area contributed by atoms with E-state index in [1.807, 2.05) is 0 Å². The minimum Gasteiger partial charge on any atom is -0.296 e. The van der Waals surface area contributed by atoms with Crippen LogP contribution in [0.25, 0.3) is 0 Å². The first kappa shape index (κ1) is 12.2. The van der Waals surface area contributed by atoms with Gasteiger partial charge in [-0.15, -0.1) is 10.2 Å². The second-order valence-corrected chi connectivity index (χ2v) is 6.28. The molecule has 1 fully saturated rings. The van der Waals surface area contributed by atoms with E-state index in [4.69, 9.17) is 0 Å². The van der Waals surface area contributed by atoms with Gasteiger partial charge in [0.15, 0.2) is 9.84 Å². The summed E-state index contributed by atoms with van der Waals surface area (Å²) in [6.07, 6.45) is 1.36. The van der Waals surface area contributed by atoms with Crippen molar-refractivity contribution >= 4 is 22.1 Å². The van der Waals surface area contributed by atoms with Crippen molar-refractivity contribution in [3.05, 3.63) is 0 Å². The Labute approximate surface area is 99.5 Å². The monoisotopic (exact) mass is 258 g/mol. The highest BCUT2D eigenvalue weighted by Gasteiger charge is 2.38. The molecule has 2 atom stereocenters. The molecule has 7 nitrogen and oxygen atoms in total. The summed E-state index contributed by atoms with van der Waals surface area (Å²) in [6, 6.07) is -0.327. The summed E-state index contributed by atoms with van der Waals surface area (Å²) in [4.78, 5) is 17.2. The zero-order valence-electron chi connectivity index (χ0n) is 9.48. The first-order valence-electron chi connectivity index (χ1n) is 5.46. The number of carbonyl (C=O) groups excluding carboxylic acids is 1. The molecule has 0 spiro atoms. The summed E-state index contributed by atoms with van der Waals surface area (Å²) >= 11 is 0. The third-order valence-electron chi connectivity index (χ3n) is 2.86. The molecule has 94 valence electrons. The van der Waals surface area contributed by atoms with Crippen LogP contribution in [0.3, 0.4) is 0 Å². The van der Waals surface area contributed by atoms with Crippen LogP contribution >= 0.6 is 0 Å². The lowest BCUT2D eigenvalue weighted by Gasteiger charge is -2.29. The van der Waals surface area contributed by atoms with Crippen molar-refractivity contribution in [1.82, 2.24) is 4.90 Å². The molecule has 0 aliphatic carbocycles. The van der Waals surface area contributed by atoms with E-state index in [-0.39, 0.29) is 23.5 Å². The molecule has 2 aliphatic rings. The van der Waals surface area contributed by atoms with Gasteiger partial charge in [0.2, 0.25) is 12.2 Å². The van der Waals surface area contributed by atoms with Gasteiger partial charge in [0.1, 0.15) is 6.34 Å². The first-order valence-corrected chi connectivity index (χ1v) is 7.29. The highest BCUT2D eigenvalue weighted by molar-refractivity contribution is 7.91. The Bertz CT molecular complexity index is 459. The average molecular weight is 258 g/mol. The number of rotatable bonds is 3. The summed E-state index contributed by atoms with van der Waals surface area (Å²) < 4.78 is 22.9. The summed E-state index contributed by atoms with van der Waals surface area (Å²) in [7, 11) is -3.03. The van der Waals surface area contributed by atoms with E-state index in [1.165, 1.54) is 11.2 Å². The number of sulfone groups is 1. The lowest BCUT2D eigenvalue weighted by molar-refractivity contribution is -0.135. The Morgan fingerprint density at radius 1 is 1.53 bits per heavy atom. The van der Waals surface area contributed by atoms with Gasteiger partial charge in [-0.2, -0.15) is 0 Å². The standard InChI is InChI=1S/C9H14N4O3S/c1-2-8(14)13(9-10-6-11-12-9)7-3-4-17(15,16)5-7/h6-7,9H,2-5H2,1H3. The fraction of sp³-hybridized carbons (Fsp3) is 0.778. The molecule has 0 radical (unpaired) electrons. The predicted molar refractivity (Wildman–Crippen MR) is 61.3 cm³/mol. The van der Waals surface area contributed by atoms with Gasteiger partial charge in [0.25, 0.3) is 0 Å². The average Bonchev–Trinajstić information content (AvgIpc) is 2.89. The van der Waals surface area contributed by atoms with E-state index in [0.29, 0.717) is 12.8 Å². The quantitative estimate of drug-likeness (QED) is 0.723. The summed E-state index contributed by atoms with van der Waals surface area (Å²) in [5.41, 5.74) is 0. The van der Waals surface area contributed by atoms with E-state index in [2.05, 4.69) is 15.2 Å². The van der Waals surface area contributed by atoms with Gasteiger partial charge in [0.05, 0.1) is 17.5 Å². The molecule has 2 unspecified atom stereocenters. The minimum atomic E-state index is -3.03. The van der Waals surface area contributed by atoms with Crippen LogP contribution in [-0.2, 0) is 14.6 Å². The van der Waals surface area contributed by atoms with Crippen LogP contribution in [-0.4, -0.2) is 49.4 Å². The zero-order valence-corrected chi connectivity index (χ0v) is 10.3. The number of aliphatic imine (C=N–C) groups is 1. The molecule has 1 saturated heterocycles. The van der Waals surface area contributed by atoms with Crippen LogP contribution in [0.4, 0.5) is 0 Å². The van der Waals surface area contributed by atoms with Crippen molar-refractivity contribution in [1.29, 1.82) is 0 Å². The van der Waals surface area contributed by atoms with Crippen LogP contribution in [0, 0.1) is 0 Å². The summed E-state index contributed by atoms with van der Waals surface area (Å²) in [5, 5.41) is 7.41. The van der Waals surface area contributed by atoms with Gasteiger partial charge < -0.3 is 0 Å². The SMILES string of the molecule is CCC(=O)N(C1CCS(=O)(=O)C1)C1N=CN=N1. The Morgan fingerprint density at radius 2 is 2.29 bits per heavy atom. The van der Waals surface area contributed by atoms with E-state index >= 15 is 0 Å². The van der Waals surface area contributed by atoms with Gasteiger partial charge in [-0.05, 0) is 6.42 Å². The van der Waals surface area contributed by atoms with Crippen LogP contribution in [0.1, 0.15) is 19.8 Å². The normalized spacial score (nSPS) is 29.7. The number of hydrogen-bond acceptors (Lipinski definition) is 6. The summed E-state index contributed by atoms with van der Waals surface area (Å²) in [6.45, 7) is 1.73. The molecule has 8 heteroatoms. The third kappa shape index (κ3) is 2.51. The van der Waals surface area contributed by atoms with Crippen molar-refractivity contribution < 1.29 is 13.2 Å². The number of nitrogens with zero attached hydrogens (tertiary/aromatic N) is 4. The Balaban J connectivity index is 2.19.